The zero-order valence-corrected chi connectivity index (χ0v) is 9.61. The van der Waals surface area contributed by atoms with Crippen LogP contribution in [0, 0.1) is 11.6 Å². The van der Waals surface area contributed by atoms with Crippen molar-refractivity contribution >= 4 is 21.9 Å². The van der Waals surface area contributed by atoms with Gasteiger partial charge in [-0.3, -0.25) is 4.79 Å². The molecule has 0 aliphatic carbocycles. The molecule has 0 saturated heterocycles. The van der Waals surface area contributed by atoms with Gasteiger partial charge in [0.25, 0.3) is 0 Å². The van der Waals surface area contributed by atoms with Gasteiger partial charge >= 0.3 is 5.97 Å². The minimum absolute atomic E-state index is 0.251. The van der Waals surface area contributed by atoms with Gasteiger partial charge in [0.15, 0.2) is 0 Å². The van der Waals surface area contributed by atoms with Crippen LogP contribution in [-0.2, 0) is 21.3 Å². The summed E-state index contributed by atoms with van der Waals surface area (Å²) in [5.74, 6) is -2.10. The van der Waals surface area contributed by atoms with E-state index in [-0.39, 0.29) is 10.9 Å². The average Bonchev–Trinajstić information content (AvgIpc) is 2.24. The van der Waals surface area contributed by atoms with E-state index in [2.05, 4.69) is 20.7 Å². The fourth-order valence-corrected chi connectivity index (χ4v) is 1.56. The fourth-order valence-electron chi connectivity index (χ4n) is 1.13. The van der Waals surface area contributed by atoms with Crippen molar-refractivity contribution in [1.82, 2.24) is 0 Å². The van der Waals surface area contributed by atoms with Crippen molar-refractivity contribution in [3.63, 3.8) is 0 Å². The van der Waals surface area contributed by atoms with Crippen LogP contribution >= 0.6 is 15.9 Å². The number of ether oxygens (including phenoxy) is 1. The molecule has 0 radical (unpaired) electrons. The first-order valence-electron chi connectivity index (χ1n) is 4.18. The largest absolute Gasteiger partial charge is 0.469 e. The lowest BCUT2D eigenvalue weighted by molar-refractivity contribution is -0.139. The molecule has 0 fully saturated rings. The average molecular weight is 279 g/mol. The van der Waals surface area contributed by atoms with Crippen LogP contribution < -0.4 is 0 Å². The van der Waals surface area contributed by atoms with Crippen LogP contribution in [0.4, 0.5) is 8.78 Å². The van der Waals surface area contributed by atoms with Crippen LogP contribution in [0.25, 0.3) is 0 Å². The zero-order valence-electron chi connectivity index (χ0n) is 8.02. The summed E-state index contributed by atoms with van der Waals surface area (Å²) >= 11 is 3.07. The molecule has 82 valence electrons. The summed E-state index contributed by atoms with van der Waals surface area (Å²) in [7, 11) is 1.17. The van der Waals surface area contributed by atoms with Gasteiger partial charge < -0.3 is 4.74 Å². The number of hydrogen-bond donors (Lipinski definition) is 0. The van der Waals surface area contributed by atoms with Gasteiger partial charge in [-0.2, -0.15) is 0 Å². The van der Waals surface area contributed by atoms with Crippen LogP contribution in [-0.4, -0.2) is 13.1 Å². The van der Waals surface area contributed by atoms with Crippen molar-refractivity contribution in [1.29, 1.82) is 0 Å². The van der Waals surface area contributed by atoms with Crippen molar-refractivity contribution in [2.75, 3.05) is 7.11 Å². The third-order valence-corrected chi connectivity index (χ3v) is 2.56. The highest BCUT2D eigenvalue weighted by Crippen LogP contribution is 2.19. The molecule has 0 aromatic heterocycles. The lowest BCUT2D eigenvalue weighted by atomic mass is 10.1. The lowest BCUT2D eigenvalue weighted by Gasteiger charge is -2.06. The predicted molar refractivity (Wildman–Crippen MR) is 54.7 cm³/mol. The number of alkyl halides is 1. The minimum Gasteiger partial charge on any atom is -0.469 e. The molecule has 0 unspecified atom stereocenters. The van der Waals surface area contributed by atoms with E-state index >= 15 is 0 Å². The summed E-state index contributed by atoms with van der Waals surface area (Å²) in [4.78, 5) is 10.9. The molecular weight excluding hydrogens is 270 g/mol. The molecule has 0 amide bonds. The Kier molecular flexibility index (Phi) is 4.20. The highest BCUT2D eigenvalue weighted by atomic mass is 79.9. The highest BCUT2D eigenvalue weighted by Gasteiger charge is 2.16. The van der Waals surface area contributed by atoms with E-state index < -0.39 is 24.0 Å². The van der Waals surface area contributed by atoms with E-state index in [9.17, 15) is 13.6 Å². The number of carbonyl (C=O) groups is 1. The number of benzene rings is 1. The Hall–Kier alpha value is -0.970. The Labute approximate surface area is 94.4 Å². The minimum atomic E-state index is -0.734. The second kappa shape index (κ2) is 5.21. The molecule has 0 atom stereocenters. The zero-order chi connectivity index (χ0) is 11.4. The molecule has 1 aromatic carbocycles. The molecule has 2 nitrogen and oxygen atoms in total. The standard InChI is InChI=1S/C10H9BrF2O2/c1-15-9(14)4-7-8(12)3-2-6(5-11)10(7)13/h2-3H,4-5H2,1H3. The maximum absolute atomic E-state index is 13.6. The smallest absolute Gasteiger partial charge is 0.310 e. The molecule has 0 saturated carbocycles. The lowest BCUT2D eigenvalue weighted by Crippen LogP contribution is -2.09. The second-order valence-corrected chi connectivity index (χ2v) is 3.45. The topological polar surface area (TPSA) is 26.3 Å². The van der Waals surface area contributed by atoms with Crippen LogP contribution in [0.1, 0.15) is 11.1 Å². The Balaban J connectivity index is 3.09. The molecular formula is C10H9BrF2O2. The Morgan fingerprint density at radius 2 is 2.13 bits per heavy atom. The SMILES string of the molecule is COC(=O)Cc1c(F)ccc(CBr)c1F. The molecule has 0 aliphatic heterocycles. The third kappa shape index (κ3) is 2.75. The van der Waals surface area contributed by atoms with E-state index in [4.69, 9.17) is 0 Å². The van der Waals surface area contributed by atoms with Crippen molar-refractivity contribution in [2.24, 2.45) is 0 Å². The molecule has 0 N–H and O–H groups in total. The molecule has 15 heavy (non-hydrogen) atoms. The van der Waals surface area contributed by atoms with Gasteiger partial charge in [-0.1, -0.05) is 22.0 Å². The number of halogens is 3. The van der Waals surface area contributed by atoms with Crippen molar-refractivity contribution in [2.45, 2.75) is 11.8 Å². The van der Waals surface area contributed by atoms with E-state index in [1.54, 1.807) is 0 Å². The highest BCUT2D eigenvalue weighted by molar-refractivity contribution is 9.08. The molecule has 0 aliphatic rings. The monoisotopic (exact) mass is 278 g/mol. The maximum Gasteiger partial charge on any atom is 0.310 e. The summed E-state index contributed by atoms with van der Waals surface area (Å²) in [6.45, 7) is 0. The van der Waals surface area contributed by atoms with Gasteiger partial charge in [-0.25, -0.2) is 8.78 Å². The van der Waals surface area contributed by atoms with Crippen LogP contribution in [0.15, 0.2) is 12.1 Å². The quantitative estimate of drug-likeness (QED) is 0.628. The number of rotatable bonds is 3. The Morgan fingerprint density at radius 1 is 1.47 bits per heavy atom. The normalized spacial score (nSPS) is 10.1. The summed E-state index contributed by atoms with van der Waals surface area (Å²) in [6, 6.07) is 2.47. The second-order valence-electron chi connectivity index (χ2n) is 2.89. The number of carbonyl (C=O) groups excluding carboxylic acids is 1. The molecule has 5 heteroatoms. The van der Waals surface area contributed by atoms with Crippen molar-refractivity contribution in [3.8, 4) is 0 Å². The first-order valence-corrected chi connectivity index (χ1v) is 5.30. The van der Waals surface area contributed by atoms with Gasteiger partial charge in [-0.15, -0.1) is 0 Å². The molecule has 1 aromatic rings. The summed E-state index contributed by atoms with van der Waals surface area (Å²) in [5, 5.41) is 0.271. The molecule has 0 heterocycles. The Bertz CT molecular complexity index is 380. The number of hydrogen-bond acceptors (Lipinski definition) is 2. The van der Waals surface area contributed by atoms with Crippen LogP contribution in [0.3, 0.4) is 0 Å². The maximum atomic E-state index is 13.6. The Morgan fingerprint density at radius 3 is 2.67 bits per heavy atom. The molecule has 1 rings (SSSR count). The van der Waals surface area contributed by atoms with Crippen LogP contribution in [0.2, 0.25) is 0 Å². The third-order valence-electron chi connectivity index (χ3n) is 1.96. The first kappa shape index (κ1) is 12.1. The van der Waals surface area contributed by atoms with Gasteiger partial charge in [0.05, 0.1) is 13.5 Å². The summed E-state index contributed by atoms with van der Waals surface area (Å²) in [5.41, 5.74) is 0.0640. The fraction of sp³-hybridized carbons (Fsp3) is 0.300. The van der Waals surface area contributed by atoms with E-state index in [0.717, 1.165) is 6.07 Å². The van der Waals surface area contributed by atoms with Gasteiger partial charge in [0.1, 0.15) is 11.6 Å². The van der Waals surface area contributed by atoms with E-state index in [1.165, 1.54) is 13.2 Å². The van der Waals surface area contributed by atoms with Gasteiger partial charge in [-0.05, 0) is 11.6 Å². The van der Waals surface area contributed by atoms with E-state index in [0.29, 0.717) is 5.56 Å². The van der Waals surface area contributed by atoms with E-state index in [1.807, 2.05) is 0 Å². The summed E-state index contributed by atoms with van der Waals surface area (Å²) in [6.07, 6.45) is -0.394. The number of esters is 1. The first-order chi connectivity index (χ1) is 7.10. The number of methoxy groups -OCH3 is 1. The van der Waals surface area contributed by atoms with Crippen molar-refractivity contribution < 1.29 is 18.3 Å². The summed E-state index contributed by atoms with van der Waals surface area (Å²) < 4.78 is 31.1. The van der Waals surface area contributed by atoms with Gasteiger partial charge in [0, 0.05) is 10.9 Å². The molecule has 0 spiro atoms. The molecule has 0 bridgehead atoms. The van der Waals surface area contributed by atoms with Crippen molar-refractivity contribution in [3.05, 3.63) is 34.9 Å². The predicted octanol–water partition coefficient (Wildman–Crippen LogP) is 2.58. The van der Waals surface area contributed by atoms with Gasteiger partial charge in [0.2, 0.25) is 0 Å². The van der Waals surface area contributed by atoms with Crippen LogP contribution in [0.5, 0.6) is 0 Å².